The molecule has 1 atom stereocenters. The average Bonchev–Trinajstić information content (AvgIpc) is 3.15. The molecule has 1 aromatic carbocycles. The summed E-state index contributed by atoms with van der Waals surface area (Å²) in [5.41, 5.74) is 1.13. The van der Waals surface area contributed by atoms with Crippen molar-refractivity contribution < 1.29 is 9.53 Å². The Morgan fingerprint density at radius 2 is 1.78 bits per heavy atom. The van der Waals surface area contributed by atoms with Gasteiger partial charge in [-0.1, -0.05) is 31.9 Å². The van der Waals surface area contributed by atoms with Gasteiger partial charge in [-0.25, -0.2) is 0 Å². The molecule has 1 saturated carbocycles. The highest BCUT2D eigenvalue weighted by Crippen LogP contribution is 2.33. The third-order valence-electron chi connectivity index (χ3n) is 5.51. The van der Waals surface area contributed by atoms with E-state index in [-0.39, 0.29) is 5.92 Å². The van der Waals surface area contributed by atoms with Crippen molar-refractivity contribution in [1.82, 2.24) is 4.90 Å². The van der Waals surface area contributed by atoms with E-state index in [2.05, 4.69) is 22.8 Å². The summed E-state index contributed by atoms with van der Waals surface area (Å²) in [6.07, 6.45) is 5.05. The molecule has 1 aromatic rings. The molecular formula is C19H28N2O2. The van der Waals surface area contributed by atoms with Gasteiger partial charge in [0.2, 0.25) is 5.91 Å². The molecular weight excluding hydrogens is 288 g/mol. The van der Waals surface area contributed by atoms with E-state index < -0.39 is 0 Å². The predicted molar refractivity (Wildman–Crippen MR) is 92.9 cm³/mol. The number of carbonyl (C=O) groups excluding carboxylic acids is 1. The smallest absolute Gasteiger partial charge is 0.225 e. The summed E-state index contributed by atoms with van der Waals surface area (Å²) in [5.74, 6) is 2.06. The number of ether oxygens (including phenoxy) is 1. The summed E-state index contributed by atoms with van der Waals surface area (Å²) in [6, 6.07) is 8.12. The maximum Gasteiger partial charge on any atom is 0.225 e. The lowest BCUT2D eigenvalue weighted by Crippen LogP contribution is -2.50. The van der Waals surface area contributed by atoms with Crippen molar-refractivity contribution in [1.29, 1.82) is 0 Å². The lowest BCUT2D eigenvalue weighted by Gasteiger charge is -2.38. The van der Waals surface area contributed by atoms with Crippen molar-refractivity contribution in [2.75, 3.05) is 38.2 Å². The van der Waals surface area contributed by atoms with E-state index in [0.717, 1.165) is 37.6 Å². The fraction of sp³-hybridized carbons (Fsp3) is 0.632. The van der Waals surface area contributed by atoms with Crippen LogP contribution in [0.3, 0.4) is 0 Å². The van der Waals surface area contributed by atoms with Crippen LogP contribution in [0, 0.1) is 11.8 Å². The number of amides is 1. The van der Waals surface area contributed by atoms with Crippen LogP contribution >= 0.6 is 0 Å². The minimum absolute atomic E-state index is 0.190. The number of hydrogen-bond donors (Lipinski definition) is 0. The summed E-state index contributed by atoms with van der Waals surface area (Å²) in [6.45, 7) is 5.51. The van der Waals surface area contributed by atoms with E-state index >= 15 is 0 Å². The van der Waals surface area contributed by atoms with Gasteiger partial charge in [-0.15, -0.1) is 0 Å². The summed E-state index contributed by atoms with van der Waals surface area (Å²) < 4.78 is 5.46. The highest BCUT2D eigenvalue weighted by molar-refractivity contribution is 5.79. The molecule has 1 amide bonds. The Balaban J connectivity index is 1.58. The number of carbonyl (C=O) groups is 1. The van der Waals surface area contributed by atoms with E-state index in [1.807, 2.05) is 18.2 Å². The van der Waals surface area contributed by atoms with Gasteiger partial charge < -0.3 is 14.5 Å². The summed E-state index contributed by atoms with van der Waals surface area (Å²) in [7, 11) is 1.71. The minimum atomic E-state index is 0.190. The number of benzene rings is 1. The summed E-state index contributed by atoms with van der Waals surface area (Å²) in [4.78, 5) is 17.1. The van der Waals surface area contributed by atoms with Crippen LogP contribution in [0.15, 0.2) is 24.3 Å². The molecule has 1 heterocycles. The molecule has 1 aliphatic carbocycles. The largest absolute Gasteiger partial charge is 0.495 e. The zero-order valence-corrected chi connectivity index (χ0v) is 14.3. The summed E-state index contributed by atoms with van der Waals surface area (Å²) in [5, 5.41) is 0. The van der Waals surface area contributed by atoms with Gasteiger partial charge in [-0.05, 0) is 30.9 Å². The molecule has 2 aliphatic rings. The molecule has 2 fully saturated rings. The Bertz CT molecular complexity index is 532. The van der Waals surface area contributed by atoms with Crippen molar-refractivity contribution in [3.8, 4) is 5.75 Å². The first-order valence-corrected chi connectivity index (χ1v) is 8.87. The van der Waals surface area contributed by atoms with E-state index in [4.69, 9.17) is 4.74 Å². The summed E-state index contributed by atoms with van der Waals surface area (Å²) >= 11 is 0. The maximum atomic E-state index is 12.7. The lowest BCUT2D eigenvalue weighted by molar-refractivity contribution is -0.137. The Morgan fingerprint density at radius 1 is 1.13 bits per heavy atom. The second kappa shape index (κ2) is 7.24. The highest BCUT2D eigenvalue weighted by atomic mass is 16.5. The van der Waals surface area contributed by atoms with E-state index in [1.54, 1.807) is 7.11 Å². The van der Waals surface area contributed by atoms with Crippen LogP contribution in [0.4, 0.5) is 5.69 Å². The van der Waals surface area contributed by atoms with Crippen molar-refractivity contribution in [3.05, 3.63) is 24.3 Å². The molecule has 1 saturated heterocycles. The monoisotopic (exact) mass is 316 g/mol. The fourth-order valence-corrected chi connectivity index (χ4v) is 4.01. The second-order valence-corrected chi connectivity index (χ2v) is 6.82. The van der Waals surface area contributed by atoms with E-state index in [9.17, 15) is 4.79 Å². The van der Waals surface area contributed by atoms with Gasteiger partial charge in [-0.2, -0.15) is 0 Å². The number of methoxy groups -OCH3 is 1. The van der Waals surface area contributed by atoms with Gasteiger partial charge >= 0.3 is 0 Å². The maximum absolute atomic E-state index is 12.7. The van der Waals surface area contributed by atoms with Crippen molar-refractivity contribution in [2.45, 2.75) is 32.6 Å². The number of hydrogen-bond acceptors (Lipinski definition) is 3. The standard InChI is InChI=1S/C19H28N2O2/c1-15(16-7-3-4-8-16)19(22)21-13-11-20(12-14-21)17-9-5-6-10-18(17)23-2/h5-6,9-10,15-16H,3-4,7-8,11-14H2,1-2H3. The van der Waals surface area contributed by atoms with Gasteiger partial charge in [0.1, 0.15) is 5.75 Å². The first kappa shape index (κ1) is 16.2. The molecule has 0 radical (unpaired) electrons. The molecule has 0 aromatic heterocycles. The lowest BCUT2D eigenvalue weighted by atomic mass is 9.91. The van der Waals surface area contributed by atoms with Crippen molar-refractivity contribution >= 4 is 11.6 Å². The third kappa shape index (κ3) is 3.46. The normalized spacial score (nSPS) is 20.6. The van der Waals surface area contributed by atoms with E-state index in [1.165, 1.54) is 25.7 Å². The first-order valence-electron chi connectivity index (χ1n) is 8.87. The Hall–Kier alpha value is -1.71. The van der Waals surface area contributed by atoms with Gasteiger partial charge in [0, 0.05) is 32.1 Å². The molecule has 0 bridgehead atoms. The Kier molecular flexibility index (Phi) is 5.09. The molecule has 23 heavy (non-hydrogen) atoms. The number of anilines is 1. The van der Waals surface area contributed by atoms with E-state index in [0.29, 0.717) is 11.8 Å². The number of nitrogens with zero attached hydrogens (tertiary/aromatic N) is 2. The van der Waals surface area contributed by atoms with Crippen molar-refractivity contribution in [3.63, 3.8) is 0 Å². The molecule has 126 valence electrons. The predicted octanol–water partition coefficient (Wildman–Crippen LogP) is 3.17. The van der Waals surface area contributed by atoms with Crippen molar-refractivity contribution in [2.24, 2.45) is 11.8 Å². The van der Waals surface area contributed by atoms with Crippen LogP contribution in [-0.2, 0) is 4.79 Å². The highest BCUT2D eigenvalue weighted by Gasteiger charge is 2.31. The first-order chi connectivity index (χ1) is 11.2. The van der Waals surface area contributed by atoms with Gasteiger partial charge in [0.15, 0.2) is 0 Å². The second-order valence-electron chi connectivity index (χ2n) is 6.82. The quantitative estimate of drug-likeness (QED) is 0.855. The molecule has 1 aliphatic heterocycles. The third-order valence-corrected chi connectivity index (χ3v) is 5.51. The number of para-hydroxylation sites is 2. The average molecular weight is 316 g/mol. The van der Waals surface area contributed by atoms with Crippen LogP contribution in [0.2, 0.25) is 0 Å². The molecule has 4 heteroatoms. The minimum Gasteiger partial charge on any atom is -0.495 e. The fourth-order valence-electron chi connectivity index (χ4n) is 4.01. The molecule has 0 N–H and O–H groups in total. The topological polar surface area (TPSA) is 32.8 Å². The Labute approximate surface area is 139 Å². The molecule has 0 spiro atoms. The van der Waals surface area contributed by atoms with Crippen LogP contribution in [0.5, 0.6) is 5.75 Å². The van der Waals surface area contributed by atoms with Gasteiger partial charge in [0.05, 0.1) is 12.8 Å². The Morgan fingerprint density at radius 3 is 2.43 bits per heavy atom. The van der Waals surface area contributed by atoms with Gasteiger partial charge in [0.25, 0.3) is 0 Å². The van der Waals surface area contributed by atoms with Crippen LogP contribution in [-0.4, -0.2) is 44.1 Å². The molecule has 4 nitrogen and oxygen atoms in total. The van der Waals surface area contributed by atoms with Crippen LogP contribution in [0.1, 0.15) is 32.6 Å². The zero-order valence-electron chi connectivity index (χ0n) is 14.3. The van der Waals surface area contributed by atoms with Gasteiger partial charge in [-0.3, -0.25) is 4.79 Å². The molecule has 1 unspecified atom stereocenters. The molecule has 3 rings (SSSR count). The number of rotatable bonds is 4. The SMILES string of the molecule is COc1ccccc1N1CCN(C(=O)C(C)C2CCCC2)CC1. The zero-order chi connectivity index (χ0) is 16.2. The van der Waals surface area contributed by atoms with Crippen LogP contribution < -0.4 is 9.64 Å². The van der Waals surface area contributed by atoms with Crippen LogP contribution in [0.25, 0.3) is 0 Å². The number of piperazine rings is 1.